The van der Waals surface area contributed by atoms with Crippen LogP contribution in [0.3, 0.4) is 0 Å². The summed E-state index contributed by atoms with van der Waals surface area (Å²) in [4.78, 5) is 19.3. The lowest BCUT2D eigenvalue weighted by molar-refractivity contribution is -0.130. The van der Waals surface area contributed by atoms with Crippen molar-refractivity contribution in [3.8, 4) is 11.1 Å². The van der Waals surface area contributed by atoms with Crippen LogP contribution in [0.25, 0.3) is 33.8 Å². The van der Waals surface area contributed by atoms with E-state index in [1.807, 2.05) is 42.5 Å². The number of H-pyrrole nitrogens is 1. The number of carbonyl (C=O) groups is 1. The summed E-state index contributed by atoms with van der Waals surface area (Å²) in [5.41, 5.74) is 4.58. The third-order valence-corrected chi connectivity index (χ3v) is 7.15. The van der Waals surface area contributed by atoms with Gasteiger partial charge in [-0.25, -0.2) is 18.2 Å². The van der Waals surface area contributed by atoms with E-state index in [1.54, 1.807) is 54.7 Å². The van der Waals surface area contributed by atoms with Crippen LogP contribution in [0.2, 0.25) is 0 Å². The van der Waals surface area contributed by atoms with Crippen LogP contribution in [0.1, 0.15) is 16.7 Å². The minimum atomic E-state index is -3.78. The Morgan fingerprint density at radius 1 is 0.892 bits per heavy atom. The largest absolute Gasteiger partial charge is 0.478 e. The number of sulfonamides is 1. The van der Waals surface area contributed by atoms with Gasteiger partial charge in [-0.2, -0.15) is 0 Å². The van der Waals surface area contributed by atoms with Crippen molar-refractivity contribution in [2.45, 2.75) is 5.75 Å². The molecular weight excluding hydrogens is 486 g/mol. The van der Waals surface area contributed by atoms with Gasteiger partial charge in [0.2, 0.25) is 10.0 Å². The molecule has 5 rings (SSSR count). The molecule has 7 nitrogen and oxygen atoms in total. The number of aromatic nitrogens is 2. The van der Waals surface area contributed by atoms with E-state index < -0.39 is 16.0 Å². The molecule has 0 fully saturated rings. The Hall–Kier alpha value is -4.69. The van der Waals surface area contributed by atoms with E-state index in [4.69, 9.17) is 0 Å². The van der Waals surface area contributed by atoms with E-state index in [0.717, 1.165) is 11.1 Å². The molecule has 0 aliphatic rings. The molecule has 0 unspecified atom stereocenters. The fourth-order valence-electron chi connectivity index (χ4n) is 4.17. The van der Waals surface area contributed by atoms with Crippen molar-refractivity contribution in [2.75, 3.05) is 4.72 Å². The van der Waals surface area contributed by atoms with Crippen molar-refractivity contribution in [1.82, 2.24) is 9.97 Å². The maximum atomic E-state index is 13.1. The van der Waals surface area contributed by atoms with Crippen molar-refractivity contribution in [2.24, 2.45) is 0 Å². The number of carboxylic acids is 1. The molecule has 37 heavy (non-hydrogen) atoms. The van der Waals surface area contributed by atoms with E-state index in [2.05, 4.69) is 14.7 Å². The van der Waals surface area contributed by atoms with E-state index in [-0.39, 0.29) is 11.3 Å². The molecule has 5 aromatic rings. The summed E-state index contributed by atoms with van der Waals surface area (Å²) in [5, 5.41) is 10.3. The highest BCUT2D eigenvalue weighted by molar-refractivity contribution is 7.91. The Bertz CT molecular complexity index is 1690. The summed E-state index contributed by atoms with van der Waals surface area (Å²) < 4.78 is 28.9. The van der Waals surface area contributed by atoms with Crippen LogP contribution in [0, 0.1) is 0 Å². The van der Waals surface area contributed by atoms with Crippen LogP contribution in [-0.4, -0.2) is 29.5 Å². The fraction of sp³-hybridized carbons (Fsp3) is 0.0345. The number of nitrogens with one attached hydrogen (secondary N) is 2. The Morgan fingerprint density at radius 3 is 2.22 bits per heavy atom. The molecule has 0 amide bonds. The van der Waals surface area contributed by atoms with Gasteiger partial charge in [0.15, 0.2) is 0 Å². The summed E-state index contributed by atoms with van der Waals surface area (Å²) in [7, 11) is -3.78. The zero-order chi connectivity index (χ0) is 25.8. The normalized spacial score (nSPS) is 11.9. The molecule has 0 saturated heterocycles. The monoisotopic (exact) mass is 509 g/mol. The second-order valence-electron chi connectivity index (χ2n) is 8.48. The van der Waals surface area contributed by atoms with Crippen LogP contribution >= 0.6 is 0 Å². The molecule has 184 valence electrons. The smallest absolute Gasteiger partial charge is 0.336 e. The minimum absolute atomic E-state index is 0.0812. The fourth-order valence-corrected chi connectivity index (χ4v) is 5.38. The van der Waals surface area contributed by atoms with Crippen molar-refractivity contribution in [1.29, 1.82) is 0 Å². The number of fused-ring (bicyclic) bond motifs is 1. The number of aliphatic carboxylic acids is 1. The first-order valence-corrected chi connectivity index (χ1v) is 13.2. The van der Waals surface area contributed by atoms with Gasteiger partial charge in [-0.05, 0) is 34.4 Å². The molecule has 2 heterocycles. The number of rotatable bonds is 8. The van der Waals surface area contributed by atoms with Gasteiger partial charge in [-0.1, -0.05) is 84.9 Å². The predicted molar refractivity (Wildman–Crippen MR) is 146 cm³/mol. The van der Waals surface area contributed by atoms with Crippen LogP contribution in [0.4, 0.5) is 5.69 Å². The van der Waals surface area contributed by atoms with E-state index in [0.29, 0.717) is 33.4 Å². The summed E-state index contributed by atoms with van der Waals surface area (Å²) >= 11 is 0. The zero-order valence-corrected chi connectivity index (χ0v) is 20.4. The number of aromatic amines is 1. The number of carboxylic acid groups (broad SMARTS) is 1. The number of hydrogen-bond acceptors (Lipinski definition) is 4. The lowest BCUT2D eigenvalue weighted by atomic mass is 10.0. The van der Waals surface area contributed by atoms with E-state index in [1.165, 1.54) is 12.3 Å². The molecule has 3 aromatic carbocycles. The molecule has 0 spiro atoms. The van der Waals surface area contributed by atoms with Gasteiger partial charge >= 0.3 is 5.97 Å². The predicted octanol–water partition coefficient (Wildman–Crippen LogP) is 5.80. The SMILES string of the molecule is O=C(O)C(=Cc1c[nH]c2nccc(NS(=O)(=O)Cc3ccc(-c4ccccc4)cc3)c12)c1ccccc1. The van der Waals surface area contributed by atoms with Crippen molar-refractivity contribution < 1.29 is 18.3 Å². The highest BCUT2D eigenvalue weighted by atomic mass is 32.2. The quantitative estimate of drug-likeness (QED) is 0.229. The number of pyridine rings is 1. The third kappa shape index (κ3) is 5.44. The minimum Gasteiger partial charge on any atom is -0.478 e. The summed E-state index contributed by atoms with van der Waals surface area (Å²) in [5.74, 6) is -1.31. The van der Waals surface area contributed by atoms with Gasteiger partial charge in [-0.3, -0.25) is 4.72 Å². The summed E-state index contributed by atoms with van der Waals surface area (Å²) in [6, 6.07) is 27.6. The van der Waals surface area contributed by atoms with Gasteiger partial charge < -0.3 is 10.1 Å². The van der Waals surface area contributed by atoms with Crippen LogP contribution in [-0.2, 0) is 20.6 Å². The van der Waals surface area contributed by atoms with E-state index in [9.17, 15) is 18.3 Å². The molecular formula is C29H23N3O4S. The number of benzene rings is 3. The van der Waals surface area contributed by atoms with Gasteiger partial charge in [0, 0.05) is 18.0 Å². The molecule has 3 N–H and O–H groups in total. The van der Waals surface area contributed by atoms with E-state index >= 15 is 0 Å². The molecule has 0 radical (unpaired) electrons. The molecule has 0 atom stereocenters. The molecule has 2 aromatic heterocycles. The highest BCUT2D eigenvalue weighted by Gasteiger charge is 2.18. The second-order valence-corrected chi connectivity index (χ2v) is 10.2. The molecule has 0 bridgehead atoms. The first-order chi connectivity index (χ1) is 17.9. The molecule has 0 aliphatic heterocycles. The van der Waals surface area contributed by atoms with Crippen molar-refractivity contribution in [3.63, 3.8) is 0 Å². The average molecular weight is 510 g/mol. The molecule has 8 heteroatoms. The van der Waals surface area contributed by atoms with Crippen molar-refractivity contribution >= 4 is 44.4 Å². The highest BCUT2D eigenvalue weighted by Crippen LogP contribution is 2.30. The summed E-state index contributed by atoms with van der Waals surface area (Å²) in [6.07, 6.45) is 4.62. The first kappa shape index (κ1) is 24.0. The Labute approximate surface area is 214 Å². The first-order valence-electron chi connectivity index (χ1n) is 11.5. The number of anilines is 1. The number of nitrogens with zero attached hydrogens (tertiary/aromatic N) is 1. The standard InChI is InChI=1S/C29H23N3O4S/c33-29(34)25(23-9-5-2-6-10-23)17-24-18-31-28-27(24)26(15-16-30-28)32-37(35,36)19-20-11-13-22(14-12-20)21-7-3-1-4-8-21/h1-18H,19H2,(H,33,34)(H2,30,31,32). The lowest BCUT2D eigenvalue weighted by Crippen LogP contribution is -2.15. The third-order valence-electron chi connectivity index (χ3n) is 5.90. The van der Waals surface area contributed by atoms with Gasteiger partial charge in [0.05, 0.1) is 22.4 Å². The topological polar surface area (TPSA) is 112 Å². The van der Waals surface area contributed by atoms with Crippen LogP contribution < -0.4 is 4.72 Å². The maximum absolute atomic E-state index is 13.1. The maximum Gasteiger partial charge on any atom is 0.336 e. The van der Waals surface area contributed by atoms with Gasteiger partial charge in [0.25, 0.3) is 0 Å². The summed E-state index contributed by atoms with van der Waals surface area (Å²) in [6.45, 7) is 0. The average Bonchev–Trinajstić information content (AvgIpc) is 3.32. The van der Waals surface area contributed by atoms with Gasteiger partial charge in [0.1, 0.15) is 5.65 Å². The Kier molecular flexibility index (Phi) is 6.57. The van der Waals surface area contributed by atoms with Crippen LogP contribution in [0.5, 0.6) is 0 Å². The van der Waals surface area contributed by atoms with Crippen LogP contribution in [0.15, 0.2) is 103 Å². The Morgan fingerprint density at radius 2 is 1.54 bits per heavy atom. The Balaban J connectivity index is 1.44. The second kappa shape index (κ2) is 10.1. The number of hydrogen-bond donors (Lipinski definition) is 3. The zero-order valence-electron chi connectivity index (χ0n) is 19.6. The van der Waals surface area contributed by atoms with Crippen molar-refractivity contribution in [3.05, 3.63) is 120 Å². The lowest BCUT2D eigenvalue weighted by Gasteiger charge is -2.11. The molecule has 0 saturated carbocycles. The van der Waals surface area contributed by atoms with Gasteiger partial charge in [-0.15, -0.1) is 0 Å². The molecule has 0 aliphatic carbocycles.